The zero-order valence-corrected chi connectivity index (χ0v) is 16.8. The minimum atomic E-state index is -0.888. The number of halogens is 2. The zero-order valence-electron chi connectivity index (χ0n) is 15.2. The molecule has 1 fully saturated rings. The number of hydrogen-bond acceptors (Lipinski definition) is 4. The molecule has 1 saturated heterocycles. The van der Waals surface area contributed by atoms with Gasteiger partial charge in [0.1, 0.15) is 11.9 Å². The van der Waals surface area contributed by atoms with Crippen molar-refractivity contribution in [2.24, 2.45) is 0 Å². The molecule has 146 valence electrons. The van der Waals surface area contributed by atoms with E-state index in [0.29, 0.717) is 5.56 Å². The van der Waals surface area contributed by atoms with Crippen molar-refractivity contribution in [1.29, 1.82) is 0 Å². The number of likely N-dealkylation sites (tertiary alicyclic amines) is 1. The van der Waals surface area contributed by atoms with E-state index in [-0.39, 0.29) is 36.5 Å². The summed E-state index contributed by atoms with van der Waals surface area (Å²) in [6.45, 7) is 0. The highest BCUT2D eigenvalue weighted by molar-refractivity contribution is 7.15. The van der Waals surface area contributed by atoms with Gasteiger partial charge in [-0.1, -0.05) is 24.3 Å². The maximum Gasteiger partial charge on any atom is 0.223 e. The number of amides is 1. The van der Waals surface area contributed by atoms with Crippen LogP contribution in [-0.2, 0) is 4.79 Å². The smallest absolute Gasteiger partial charge is 0.223 e. The Morgan fingerprint density at radius 3 is 2.71 bits per heavy atom. The van der Waals surface area contributed by atoms with E-state index in [1.54, 1.807) is 42.5 Å². The SMILES string of the molecule is CN1C(=O)C[C@H](c2ccccc2F)[C@@H]1C(O)c1ccc(-c2cccnc2)s1.Cl. The molecule has 3 aromatic rings. The van der Waals surface area contributed by atoms with Crippen molar-refractivity contribution in [2.45, 2.75) is 24.5 Å². The first-order valence-electron chi connectivity index (χ1n) is 8.74. The molecule has 0 aliphatic carbocycles. The summed E-state index contributed by atoms with van der Waals surface area (Å²) in [7, 11) is 1.67. The molecule has 1 aliphatic heterocycles. The summed E-state index contributed by atoms with van der Waals surface area (Å²) < 4.78 is 14.3. The predicted molar refractivity (Wildman–Crippen MR) is 110 cm³/mol. The maximum atomic E-state index is 14.3. The molecule has 1 aliphatic rings. The molecule has 1 N–H and O–H groups in total. The molecule has 1 aromatic carbocycles. The highest BCUT2D eigenvalue weighted by Crippen LogP contribution is 2.43. The van der Waals surface area contributed by atoms with Crippen molar-refractivity contribution in [3.63, 3.8) is 0 Å². The van der Waals surface area contributed by atoms with Gasteiger partial charge in [-0.15, -0.1) is 23.7 Å². The Morgan fingerprint density at radius 1 is 1.21 bits per heavy atom. The molecule has 4 rings (SSSR count). The molecular formula is C21H20ClFN2O2S. The molecule has 0 bridgehead atoms. The number of hydrogen-bond donors (Lipinski definition) is 1. The zero-order chi connectivity index (χ0) is 19.0. The summed E-state index contributed by atoms with van der Waals surface area (Å²) >= 11 is 1.46. The van der Waals surface area contributed by atoms with Crippen LogP contribution in [0.25, 0.3) is 10.4 Å². The first-order chi connectivity index (χ1) is 13.1. The van der Waals surface area contributed by atoms with Crippen molar-refractivity contribution >= 4 is 29.7 Å². The minimum absolute atomic E-state index is 0. The van der Waals surface area contributed by atoms with Crippen LogP contribution in [0.15, 0.2) is 60.9 Å². The summed E-state index contributed by atoms with van der Waals surface area (Å²) in [6, 6.07) is 13.6. The molecule has 2 aromatic heterocycles. The van der Waals surface area contributed by atoms with Gasteiger partial charge in [0.2, 0.25) is 5.91 Å². The molecule has 4 nitrogen and oxygen atoms in total. The predicted octanol–water partition coefficient (Wildman–Crippen LogP) is 4.42. The molecule has 3 atom stereocenters. The Labute approximate surface area is 173 Å². The molecule has 3 heterocycles. The third-order valence-electron chi connectivity index (χ3n) is 5.14. The molecule has 0 saturated carbocycles. The van der Waals surface area contributed by atoms with E-state index < -0.39 is 12.1 Å². The fraction of sp³-hybridized carbons (Fsp3) is 0.238. The van der Waals surface area contributed by atoms with Gasteiger partial charge in [0.15, 0.2) is 0 Å². The van der Waals surface area contributed by atoms with Gasteiger partial charge in [0.05, 0.1) is 6.04 Å². The number of carbonyl (C=O) groups is 1. The molecule has 0 spiro atoms. The van der Waals surface area contributed by atoms with Crippen LogP contribution in [0, 0.1) is 5.82 Å². The number of rotatable bonds is 4. The number of thiophene rings is 1. The van der Waals surface area contributed by atoms with Crippen molar-refractivity contribution < 1.29 is 14.3 Å². The lowest BCUT2D eigenvalue weighted by Crippen LogP contribution is -2.36. The number of likely N-dealkylation sites (N-methyl/N-ethyl adjacent to an activating group) is 1. The van der Waals surface area contributed by atoms with Crippen LogP contribution < -0.4 is 0 Å². The van der Waals surface area contributed by atoms with E-state index in [1.165, 1.54) is 17.4 Å². The van der Waals surface area contributed by atoms with Gasteiger partial charge in [0.25, 0.3) is 0 Å². The lowest BCUT2D eigenvalue weighted by molar-refractivity contribution is -0.128. The fourth-order valence-electron chi connectivity index (χ4n) is 3.73. The normalized spacial score (nSPS) is 20.1. The molecule has 28 heavy (non-hydrogen) atoms. The van der Waals surface area contributed by atoms with Gasteiger partial charge in [-0.2, -0.15) is 0 Å². The van der Waals surface area contributed by atoms with Gasteiger partial charge >= 0.3 is 0 Å². The summed E-state index contributed by atoms with van der Waals surface area (Å²) in [4.78, 5) is 19.7. The van der Waals surface area contributed by atoms with E-state index in [2.05, 4.69) is 4.98 Å². The minimum Gasteiger partial charge on any atom is -0.385 e. The number of carbonyl (C=O) groups excluding carboxylic acids is 1. The average Bonchev–Trinajstić information content (AvgIpc) is 3.28. The highest BCUT2D eigenvalue weighted by atomic mass is 35.5. The first-order valence-corrected chi connectivity index (χ1v) is 9.56. The van der Waals surface area contributed by atoms with E-state index in [4.69, 9.17) is 0 Å². The molecular weight excluding hydrogens is 399 g/mol. The average molecular weight is 419 g/mol. The van der Waals surface area contributed by atoms with Crippen LogP contribution >= 0.6 is 23.7 Å². The Kier molecular flexibility index (Phi) is 6.13. The number of pyridine rings is 1. The van der Waals surface area contributed by atoms with E-state index in [1.807, 2.05) is 24.3 Å². The van der Waals surface area contributed by atoms with Crippen molar-refractivity contribution in [1.82, 2.24) is 9.88 Å². The molecule has 1 unspecified atom stereocenters. The van der Waals surface area contributed by atoms with Crippen molar-refractivity contribution in [3.8, 4) is 10.4 Å². The molecule has 1 amide bonds. The maximum absolute atomic E-state index is 14.3. The van der Waals surface area contributed by atoms with Crippen LogP contribution in [0.4, 0.5) is 4.39 Å². The first kappa shape index (κ1) is 20.5. The van der Waals surface area contributed by atoms with Gasteiger partial charge < -0.3 is 10.0 Å². The topological polar surface area (TPSA) is 53.4 Å². The standard InChI is InChI=1S/C21H19FN2O2S.ClH/c1-24-19(25)11-15(14-6-2-3-7-16(14)22)20(24)21(26)18-9-8-17(27-18)13-5-4-10-23-12-13;/h2-10,12,15,20-21,26H,11H2,1H3;1H/t15-,20-,21?;/m1./s1. The van der Waals surface area contributed by atoms with E-state index in [9.17, 15) is 14.3 Å². The van der Waals surface area contributed by atoms with Gasteiger partial charge in [-0.25, -0.2) is 4.39 Å². The lowest BCUT2D eigenvalue weighted by atomic mass is 9.88. The molecule has 0 radical (unpaired) electrons. The monoisotopic (exact) mass is 418 g/mol. The van der Waals surface area contributed by atoms with Gasteiger partial charge in [-0.05, 0) is 29.8 Å². The lowest BCUT2D eigenvalue weighted by Gasteiger charge is -2.29. The third-order valence-corrected chi connectivity index (χ3v) is 6.34. The summed E-state index contributed by atoms with van der Waals surface area (Å²) in [5.74, 6) is -0.816. The van der Waals surface area contributed by atoms with Gasteiger partial charge in [-0.3, -0.25) is 9.78 Å². The van der Waals surface area contributed by atoms with Crippen molar-refractivity contribution in [3.05, 3.63) is 77.2 Å². The Hall–Kier alpha value is -2.28. The van der Waals surface area contributed by atoms with Crippen LogP contribution in [0.1, 0.15) is 28.9 Å². The van der Waals surface area contributed by atoms with E-state index >= 15 is 0 Å². The number of benzene rings is 1. The Balaban J connectivity index is 0.00000225. The van der Waals surface area contributed by atoms with Gasteiger partial charge in [0, 0.05) is 47.1 Å². The number of aliphatic hydroxyl groups excluding tert-OH is 1. The second-order valence-corrected chi connectivity index (χ2v) is 7.83. The third kappa shape index (κ3) is 3.68. The van der Waals surface area contributed by atoms with E-state index in [0.717, 1.165) is 15.3 Å². The quantitative estimate of drug-likeness (QED) is 0.682. The van der Waals surface area contributed by atoms with Crippen LogP contribution in [0.3, 0.4) is 0 Å². The number of nitrogens with zero attached hydrogens (tertiary/aromatic N) is 2. The van der Waals surface area contributed by atoms with Crippen LogP contribution in [0.2, 0.25) is 0 Å². The number of aliphatic hydroxyl groups is 1. The highest BCUT2D eigenvalue weighted by Gasteiger charge is 2.44. The van der Waals surface area contributed by atoms with Crippen LogP contribution in [-0.4, -0.2) is 34.0 Å². The second-order valence-electron chi connectivity index (χ2n) is 6.72. The summed E-state index contributed by atoms with van der Waals surface area (Å²) in [6.07, 6.45) is 2.79. The Morgan fingerprint density at radius 2 is 2.00 bits per heavy atom. The summed E-state index contributed by atoms with van der Waals surface area (Å²) in [5, 5.41) is 11.1. The summed E-state index contributed by atoms with van der Waals surface area (Å²) in [5.41, 5.74) is 1.45. The fourth-order valence-corrected chi connectivity index (χ4v) is 4.76. The number of aromatic nitrogens is 1. The largest absolute Gasteiger partial charge is 0.385 e. The van der Waals surface area contributed by atoms with Crippen molar-refractivity contribution in [2.75, 3.05) is 7.05 Å². The second kappa shape index (κ2) is 8.39. The Bertz CT molecular complexity index is 966. The molecule has 7 heteroatoms. The van der Waals surface area contributed by atoms with Crippen LogP contribution in [0.5, 0.6) is 0 Å².